The molecule has 0 atom stereocenters. The van der Waals surface area contributed by atoms with Gasteiger partial charge in [-0.3, -0.25) is 5.32 Å². The molecule has 1 aromatic carbocycles. The molecule has 2 aromatic rings. The summed E-state index contributed by atoms with van der Waals surface area (Å²) in [5.74, 6) is 1.78. The van der Waals surface area contributed by atoms with Crippen molar-refractivity contribution in [2.45, 2.75) is 13.0 Å². The molecular formula is C15H17N3O4. The highest BCUT2D eigenvalue weighted by Crippen LogP contribution is 2.33. The van der Waals surface area contributed by atoms with E-state index in [-0.39, 0.29) is 6.03 Å². The van der Waals surface area contributed by atoms with Crippen molar-refractivity contribution in [3.63, 3.8) is 0 Å². The Morgan fingerprint density at radius 3 is 2.64 bits per heavy atom. The minimum absolute atomic E-state index is 0.200. The number of ether oxygens (including phenoxy) is 2. The van der Waals surface area contributed by atoms with Gasteiger partial charge in [0.1, 0.15) is 6.26 Å². The van der Waals surface area contributed by atoms with Crippen molar-refractivity contribution in [3.8, 4) is 11.5 Å². The molecule has 2 amide bonds. The lowest BCUT2D eigenvalue weighted by atomic mass is 9.99. The number of methoxy groups -OCH3 is 2. The van der Waals surface area contributed by atoms with Crippen LogP contribution in [0.5, 0.6) is 11.5 Å². The zero-order chi connectivity index (χ0) is 15.5. The van der Waals surface area contributed by atoms with Crippen molar-refractivity contribution in [2.24, 2.45) is 0 Å². The number of benzene rings is 1. The Hall–Kier alpha value is -2.70. The summed E-state index contributed by atoms with van der Waals surface area (Å²) < 4.78 is 15.3. The Bertz CT molecular complexity index is 670. The Morgan fingerprint density at radius 1 is 1.27 bits per heavy atom. The highest BCUT2D eigenvalue weighted by atomic mass is 16.5. The monoisotopic (exact) mass is 303 g/mol. The molecule has 3 rings (SSSR count). The van der Waals surface area contributed by atoms with Crippen molar-refractivity contribution in [3.05, 3.63) is 35.6 Å². The molecule has 1 aromatic heterocycles. The molecule has 22 heavy (non-hydrogen) atoms. The first-order chi connectivity index (χ1) is 10.7. The molecule has 0 radical (unpaired) electrons. The second-order valence-electron chi connectivity index (χ2n) is 4.96. The smallest absolute Gasteiger partial charge is 0.323 e. The molecule has 7 heteroatoms. The average molecular weight is 303 g/mol. The second kappa shape index (κ2) is 5.97. The van der Waals surface area contributed by atoms with Crippen molar-refractivity contribution in [1.82, 2.24) is 10.1 Å². The number of rotatable bonds is 3. The first-order valence-electron chi connectivity index (χ1n) is 6.91. The topological polar surface area (TPSA) is 76.8 Å². The number of nitrogens with one attached hydrogen (secondary N) is 1. The fourth-order valence-corrected chi connectivity index (χ4v) is 2.52. The first kappa shape index (κ1) is 14.2. The molecule has 0 fully saturated rings. The van der Waals surface area contributed by atoms with Crippen LogP contribution in [0.4, 0.5) is 10.6 Å². The molecule has 1 aliphatic heterocycles. The summed E-state index contributed by atoms with van der Waals surface area (Å²) in [4.78, 5) is 14.0. The van der Waals surface area contributed by atoms with E-state index in [1.165, 1.54) is 11.8 Å². The largest absolute Gasteiger partial charge is 0.493 e. The van der Waals surface area contributed by atoms with Crippen LogP contribution in [0.15, 0.2) is 29.0 Å². The van der Waals surface area contributed by atoms with E-state index in [4.69, 9.17) is 14.0 Å². The summed E-state index contributed by atoms with van der Waals surface area (Å²) in [6, 6.07) is 5.29. The van der Waals surface area contributed by atoms with E-state index in [0.29, 0.717) is 30.4 Å². The summed E-state index contributed by atoms with van der Waals surface area (Å²) in [5, 5.41) is 6.38. The van der Waals surface area contributed by atoms with Gasteiger partial charge in [-0.1, -0.05) is 5.16 Å². The SMILES string of the molecule is COc1cc2c(cc1OC)CN(C(=O)Nc1ccon1)CC2. The molecule has 0 spiro atoms. The van der Waals surface area contributed by atoms with E-state index in [2.05, 4.69) is 10.5 Å². The van der Waals surface area contributed by atoms with Gasteiger partial charge in [-0.05, 0) is 29.7 Å². The van der Waals surface area contributed by atoms with Crippen LogP contribution in [-0.4, -0.2) is 36.9 Å². The molecular weight excluding hydrogens is 286 g/mol. The van der Waals surface area contributed by atoms with Crippen LogP contribution in [0.25, 0.3) is 0 Å². The van der Waals surface area contributed by atoms with Crippen LogP contribution in [0.3, 0.4) is 0 Å². The Balaban J connectivity index is 1.76. The third-order valence-corrected chi connectivity index (χ3v) is 3.68. The number of fused-ring (bicyclic) bond motifs is 1. The summed E-state index contributed by atoms with van der Waals surface area (Å²) in [7, 11) is 3.22. The van der Waals surface area contributed by atoms with Crippen LogP contribution >= 0.6 is 0 Å². The van der Waals surface area contributed by atoms with Gasteiger partial charge in [-0.15, -0.1) is 0 Å². The molecule has 0 bridgehead atoms. The first-order valence-corrected chi connectivity index (χ1v) is 6.91. The van der Waals surface area contributed by atoms with Crippen LogP contribution in [0.2, 0.25) is 0 Å². The number of carbonyl (C=O) groups is 1. The predicted octanol–water partition coefficient (Wildman–Crippen LogP) is 2.28. The quantitative estimate of drug-likeness (QED) is 0.941. The molecule has 0 saturated heterocycles. The van der Waals surface area contributed by atoms with E-state index in [1.807, 2.05) is 12.1 Å². The lowest BCUT2D eigenvalue weighted by molar-refractivity contribution is 0.206. The van der Waals surface area contributed by atoms with Crippen LogP contribution in [0.1, 0.15) is 11.1 Å². The number of nitrogens with zero attached hydrogens (tertiary/aromatic N) is 2. The Kier molecular flexibility index (Phi) is 3.86. The van der Waals surface area contributed by atoms with Gasteiger partial charge in [0.2, 0.25) is 0 Å². The van der Waals surface area contributed by atoms with Crippen molar-refractivity contribution in [1.29, 1.82) is 0 Å². The number of urea groups is 1. The van der Waals surface area contributed by atoms with Gasteiger partial charge in [0.15, 0.2) is 17.3 Å². The number of carbonyl (C=O) groups excluding carboxylic acids is 1. The van der Waals surface area contributed by atoms with E-state index in [1.54, 1.807) is 25.2 Å². The number of anilines is 1. The molecule has 1 N–H and O–H groups in total. The molecule has 0 aliphatic carbocycles. The predicted molar refractivity (Wildman–Crippen MR) is 79.2 cm³/mol. The average Bonchev–Trinajstić information content (AvgIpc) is 3.05. The molecule has 116 valence electrons. The van der Waals surface area contributed by atoms with Crippen molar-refractivity contribution >= 4 is 11.8 Å². The minimum Gasteiger partial charge on any atom is -0.493 e. The van der Waals surface area contributed by atoms with Crippen molar-refractivity contribution < 1.29 is 18.8 Å². The summed E-state index contributed by atoms with van der Waals surface area (Å²) >= 11 is 0. The lowest BCUT2D eigenvalue weighted by Crippen LogP contribution is -2.38. The summed E-state index contributed by atoms with van der Waals surface area (Å²) in [5.41, 5.74) is 2.22. The van der Waals surface area contributed by atoms with Gasteiger partial charge in [-0.2, -0.15) is 0 Å². The molecule has 0 unspecified atom stereocenters. The van der Waals surface area contributed by atoms with E-state index >= 15 is 0 Å². The zero-order valence-corrected chi connectivity index (χ0v) is 12.5. The lowest BCUT2D eigenvalue weighted by Gasteiger charge is -2.29. The van der Waals surface area contributed by atoms with E-state index in [9.17, 15) is 4.79 Å². The maximum atomic E-state index is 12.2. The van der Waals surface area contributed by atoms with Gasteiger partial charge in [-0.25, -0.2) is 4.79 Å². The number of aromatic nitrogens is 1. The number of hydrogen-bond donors (Lipinski definition) is 1. The fourth-order valence-electron chi connectivity index (χ4n) is 2.52. The standard InChI is InChI=1S/C15H17N3O4/c1-20-12-7-10-3-5-18(9-11(10)8-13(12)21-2)15(19)16-14-4-6-22-17-14/h4,6-8H,3,5,9H2,1-2H3,(H,16,17,19). The van der Waals surface area contributed by atoms with Crippen LogP contribution < -0.4 is 14.8 Å². The van der Waals surface area contributed by atoms with Gasteiger partial charge < -0.3 is 18.9 Å². The van der Waals surface area contributed by atoms with Gasteiger partial charge >= 0.3 is 6.03 Å². The van der Waals surface area contributed by atoms with Gasteiger partial charge in [0.25, 0.3) is 0 Å². The van der Waals surface area contributed by atoms with Gasteiger partial charge in [0, 0.05) is 19.2 Å². The molecule has 7 nitrogen and oxygen atoms in total. The van der Waals surface area contributed by atoms with E-state index < -0.39 is 0 Å². The highest BCUT2D eigenvalue weighted by Gasteiger charge is 2.23. The third kappa shape index (κ3) is 2.69. The Morgan fingerprint density at radius 2 is 2.00 bits per heavy atom. The number of amides is 2. The molecule has 0 saturated carbocycles. The number of hydrogen-bond acceptors (Lipinski definition) is 5. The second-order valence-corrected chi connectivity index (χ2v) is 4.96. The molecule has 1 aliphatic rings. The maximum absolute atomic E-state index is 12.2. The molecule has 2 heterocycles. The van der Waals surface area contributed by atoms with Crippen molar-refractivity contribution in [2.75, 3.05) is 26.1 Å². The van der Waals surface area contributed by atoms with Crippen LogP contribution in [0, 0.1) is 0 Å². The fraction of sp³-hybridized carbons (Fsp3) is 0.333. The zero-order valence-electron chi connectivity index (χ0n) is 12.5. The maximum Gasteiger partial charge on any atom is 0.323 e. The summed E-state index contributed by atoms with van der Waals surface area (Å²) in [6.07, 6.45) is 2.18. The Labute approximate surface area is 127 Å². The third-order valence-electron chi connectivity index (χ3n) is 3.68. The normalized spacial score (nSPS) is 13.5. The highest BCUT2D eigenvalue weighted by molar-refractivity contribution is 5.88. The summed E-state index contributed by atoms with van der Waals surface area (Å²) in [6.45, 7) is 1.14. The van der Waals surface area contributed by atoms with E-state index in [0.717, 1.165) is 12.0 Å². The van der Waals surface area contributed by atoms with Gasteiger partial charge in [0.05, 0.1) is 14.2 Å². The minimum atomic E-state index is -0.200. The van der Waals surface area contributed by atoms with Crippen LogP contribution in [-0.2, 0) is 13.0 Å².